The van der Waals surface area contributed by atoms with Gasteiger partial charge in [-0.25, -0.2) is 0 Å². The lowest BCUT2D eigenvalue weighted by atomic mass is 10.2. The van der Waals surface area contributed by atoms with E-state index in [-0.39, 0.29) is 17.8 Å². The number of methoxy groups -OCH3 is 1. The summed E-state index contributed by atoms with van der Waals surface area (Å²) < 4.78 is 12.8. The number of benzene rings is 2. The molecule has 0 unspecified atom stereocenters. The van der Waals surface area contributed by atoms with Crippen LogP contribution in [0.1, 0.15) is 25.2 Å². The standard InChI is InChI=1S/C22H26N4O3S/c1-15(2)29-20-9-5-17(6-10-20)13-23-21(27)14-30-22-25-24-16(3)26(22)18-7-11-19(28-4)12-8-18/h5-12,15H,13-14H2,1-4H3,(H,23,27). The van der Waals surface area contributed by atoms with Crippen LogP contribution in [0.2, 0.25) is 0 Å². The molecule has 0 saturated heterocycles. The zero-order valence-corrected chi connectivity index (χ0v) is 18.4. The van der Waals surface area contributed by atoms with Gasteiger partial charge in [0.2, 0.25) is 5.91 Å². The first-order valence-electron chi connectivity index (χ1n) is 9.68. The van der Waals surface area contributed by atoms with E-state index in [1.807, 2.05) is 73.9 Å². The Morgan fingerprint density at radius 1 is 1.07 bits per heavy atom. The predicted octanol–water partition coefficient (Wildman–Crippen LogP) is 3.78. The van der Waals surface area contributed by atoms with Gasteiger partial charge in [-0.05, 0) is 62.7 Å². The van der Waals surface area contributed by atoms with E-state index in [0.29, 0.717) is 11.7 Å². The fourth-order valence-corrected chi connectivity index (χ4v) is 3.63. The van der Waals surface area contributed by atoms with Gasteiger partial charge in [0.05, 0.1) is 19.0 Å². The number of nitrogens with one attached hydrogen (secondary N) is 1. The van der Waals surface area contributed by atoms with Gasteiger partial charge in [-0.3, -0.25) is 9.36 Å². The Kier molecular flexibility index (Phi) is 7.35. The highest BCUT2D eigenvalue weighted by molar-refractivity contribution is 7.99. The fraction of sp³-hybridized carbons (Fsp3) is 0.318. The molecule has 8 heteroatoms. The number of rotatable bonds is 9. The summed E-state index contributed by atoms with van der Waals surface area (Å²) in [4.78, 5) is 12.3. The number of hydrogen-bond donors (Lipinski definition) is 1. The fourth-order valence-electron chi connectivity index (χ4n) is 2.80. The number of aryl methyl sites for hydroxylation is 1. The molecule has 0 aliphatic carbocycles. The molecule has 2 aromatic carbocycles. The lowest BCUT2D eigenvalue weighted by Crippen LogP contribution is -2.24. The summed E-state index contributed by atoms with van der Waals surface area (Å²) in [6.45, 7) is 6.32. The number of hydrogen-bond acceptors (Lipinski definition) is 6. The molecule has 3 aromatic rings. The van der Waals surface area contributed by atoms with Crippen LogP contribution in [0.15, 0.2) is 53.7 Å². The molecule has 0 atom stereocenters. The van der Waals surface area contributed by atoms with Crippen molar-refractivity contribution in [2.24, 2.45) is 0 Å². The van der Waals surface area contributed by atoms with Crippen molar-refractivity contribution in [3.8, 4) is 17.2 Å². The first-order valence-corrected chi connectivity index (χ1v) is 10.7. The van der Waals surface area contributed by atoms with Crippen LogP contribution < -0.4 is 14.8 Å². The second-order valence-electron chi connectivity index (χ2n) is 6.94. The lowest BCUT2D eigenvalue weighted by molar-refractivity contribution is -0.118. The predicted molar refractivity (Wildman–Crippen MR) is 117 cm³/mol. The molecule has 30 heavy (non-hydrogen) atoms. The first kappa shape index (κ1) is 21.7. The van der Waals surface area contributed by atoms with Crippen molar-refractivity contribution in [1.29, 1.82) is 0 Å². The van der Waals surface area contributed by atoms with Crippen LogP contribution in [0.5, 0.6) is 11.5 Å². The highest BCUT2D eigenvalue weighted by atomic mass is 32.2. The maximum absolute atomic E-state index is 12.3. The van der Waals surface area contributed by atoms with Crippen LogP contribution in [-0.4, -0.2) is 39.6 Å². The minimum absolute atomic E-state index is 0.0653. The highest BCUT2D eigenvalue weighted by Gasteiger charge is 2.13. The summed E-state index contributed by atoms with van der Waals surface area (Å²) in [7, 11) is 1.63. The topological polar surface area (TPSA) is 78.3 Å². The minimum Gasteiger partial charge on any atom is -0.497 e. The van der Waals surface area contributed by atoms with E-state index in [0.717, 1.165) is 28.6 Å². The van der Waals surface area contributed by atoms with E-state index in [4.69, 9.17) is 9.47 Å². The Hall–Kier alpha value is -3.00. The second kappa shape index (κ2) is 10.2. The van der Waals surface area contributed by atoms with Crippen LogP contribution in [0, 0.1) is 6.92 Å². The monoisotopic (exact) mass is 426 g/mol. The smallest absolute Gasteiger partial charge is 0.230 e. The largest absolute Gasteiger partial charge is 0.497 e. The third-order valence-electron chi connectivity index (χ3n) is 4.24. The lowest BCUT2D eigenvalue weighted by Gasteiger charge is -2.11. The SMILES string of the molecule is COc1ccc(-n2c(C)nnc2SCC(=O)NCc2ccc(OC(C)C)cc2)cc1. The Labute approximate surface area is 180 Å². The molecule has 1 amide bonds. The average molecular weight is 427 g/mol. The third kappa shape index (κ3) is 5.76. The van der Waals surface area contributed by atoms with Crippen molar-refractivity contribution in [3.63, 3.8) is 0 Å². The number of thioether (sulfide) groups is 1. The zero-order chi connectivity index (χ0) is 21.5. The summed E-state index contributed by atoms with van der Waals surface area (Å²) in [6, 6.07) is 15.4. The van der Waals surface area contributed by atoms with Gasteiger partial charge in [0.15, 0.2) is 5.16 Å². The van der Waals surface area contributed by atoms with E-state index < -0.39 is 0 Å². The molecule has 0 radical (unpaired) electrons. The van der Waals surface area contributed by atoms with E-state index in [1.165, 1.54) is 11.8 Å². The van der Waals surface area contributed by atoms with E-state index in [9.17, 15) is 4.79 Å². The third-order valence-corrected chi connectivity index (χ3v) is 5.17. The summed E-state index contributed by atoms with van der Waals surface area (Å²) in [6.07, 6.45) is 0.135. The van der Waals surface area contributed by atoms with Gasteiger partial charge in [0, 0.05) is 12.2 Å². The highest BCUT2D eigenvalue weighted by Crippen LogP contribution is 2.23. The average Bonchev–Trinajstić information content (AvgIpc) is 3.11. The van der Waals surface area contributed by atoms with Crippen LogP contribution in [0.25, 0.3) is 5.69 Å². The van der Waals surface area contributed by atoms with Crippen LogP contribution in [0.3, 0.4) is 0 Å². The molecule has 7 nitrogen and oxygen atoms in total. The van der Waals surface area contributed by atoms with Gasteiger partial charge in [0.25, 0.3) is 0 Å². The summed E-state index contributed by atoms with van der Waals surface area (Å²) in [5.41, 5.74) is 1.94. The quantitative estimate of drug-likeness (QED) is 0.525. The second-order valence-corrected chi connectivity index (χ2v) is 7.88. The molecule has 0 bridgehead atoms. The van der Waals surface area contributed by atoms with Crippen molar-refractivity contribution < 1.29 is 14.3 Å². The maximum Gasteiger partial charge on any atom is 0.230 e. The van der Waals surface area contributed by atoms with Crippen molar-refractivity contribution in [2.75, 3.05) is 12.9 Å². The van der Waals surface area contributed by atoms with E-state index in [1.54, 1.807) is 7.11 Å². The molecule has 0 aliphatic rings. The molecule has 3 rings (SSSR count). The molecular weight excluding hydrogens is 400 g/mol. The number of aromatic nitrogens is 3. The van der Waals surface area contributed by atoms with Gasteiger partial charge in [-0.15, -0.1) is 10.2 Å². The van der Waals surface area contributed by atoms with Gasteiger partial charge >= 0.3 is 0 Å². The van der Waals surface area contributed by atoms with Crippen molar-refractivity contribution in [2.45, 2.75) is 38.6 Å². The molecule has 1 heterocycles. The number of amides is 1. The number of carbonyl (C=O) groups excluding carboxylic acids is 1. The van der Waals surface area contributed by atoms with Crippen molar-refractivity contribution in [3.05, 3.63) is 59.9 Å². The molecule has 0 fully saturated rings. The van der Waals surface area contributed by atoms with Crippen molar-refractivity contribution >= 4 is 17.7 Å². The zero-order valence-electron chi connectivity index (χ0n) is 17.6. The Bertz CT molecular complexity index is 969. The molecule has 158 valence electrons. The van der Waals surface area contributed by atoms with E-state index in [2.05, 4.69) is 15.5 Å². The first-order chi connectivity index (χ1) is 14.5. The van der Waals surface area contributed by atoms with Gasteiger partial charge in [-0.1, -0.05) is 23.9 Å². The van der Waals surface area contributed by atoms with Gasteiger partial charge in [0.1, 0.15) is 17.3 Å². The Morgan fingerprint density at radius 2 is 1.73 bits per heavy atom. The minimum atomic E-state index is -0.0653. The summed E-state index contributed by atoms with van der Waals surface area (Å²) >= 11 is 1.35. The number of nitrogens with zero attached hydrogens (tertiary/aromatic N) is 3. The molecule has 1 aromatic heterocycles. The number of ether oxygens (including phenoxy) is 2. The molecule has 0 saturated carbocycles. The number of carbonyl (C=O) groups is 1. The van der Waals surface area contributed by atoms with Crippen LogP contribution >= 0.6 is 11.8 Å². The summed E-state index contributed by atoms with van der Waals surface area (Å²) in [5, 5.41) is 12.0. The normalized spacial score (nSPS) is 10.8. The van der Waals surface area contributed by atoms with E-state index >= 15 is 0 Å². The van der Waals surface area contributed by atoms with Crippen LogP contribution in [-0.2, 0) is 11.3 Å². The van der Waals surface area contributed by atoms with Gasteiger partial charge < -0.3 is 14.8 Å². The Balaban J connectivity index is 1.55. The summed E-state index contributed by atoms with van der Waals surface area (Å²) in [5.74, 6) is 2.55. The molecular formula is C22H26N4O3S. The Morgan fingerprint density at radius 3 is 2.37 bits per heavy atom. The van der Waals surface area contributed by atoms with Crippen molar-refractivity contribution in [1.82, 2.24) is 20.1 Å². The molecule has 1 N–H and O–H groups in total. The maximum atomic E-state index is 12.3. The molecule has 0 spiro atoms. The van der Waals surface area contributed by atoms with Crippen LogP contribution in [0.4, 0.5) is 0 Å². The van der Waals surface area contributed by atoms with Gasteiger partial charge in [-0.2, -0.15) is 0 Å². The molecule has 0 aliphatic heterocycles.